The molecule has 4 rings (SSSR count). The number of ether oxygens (including phenoxy) is 3. The molecule has 1 amide bonds. The van der Waals surface area contributed by atoms with E-state index in [2.05, 4.69) is 20.9 Å². The van der Waals surface area contributed by atoms with Crippen molar-refractivity contribution in [2.24, 2.45) is 0 Å². The molecule has 1 unspecified atom stereocenters. The molecule has 0 saturated carbocycles. The van der Waals surface area contributed by atoms with E-state index in [1.165, 1.54) is 20.3 Å². The summed E-state index contributed by atoms with van der Waals surface area (Å²) in [6.07, 6.45) is 0.381. The third-order valence-electron chi connectivity index (χ3n) is 6.43. The van der Waals surface area contributed by atoms with Crippen LogP contribution in [-0.2, 0) is 17.7 Å². The van der Waals surface area contributed by atoms with E-state index in [1.807, 2.05) is 31.7 Å². The number of rotatable bonds is 5. The predicted octanol–water partition coefficient (Wildman–Crippen LogP) is 3.53. The Labute approximate surface area is 216 Å². The predicted molar refractivity (Wildman–Crippen MR) is 135 cm³/mol. The van der Waals surface area contributed by atoms with Crippen LogP contribution in [0, 0.1) is 17.1 Å². The fraction of sp³-hybridized carbons (Fsp3) is 0.538. The van der Waals surface area contributed by atoms with E-state index in [-0.39, 0.29) is 24.2 Å². The Balaban J connectivity index is 1.61. The summed E-state index contributed by atoms with van der Waals surface area (Å²) in [5.74, 6) is 0.516. The highest BCUT2D eigenvalue weighted by Crippen LogP contribution is 2.36. The van der Waals surface area contributed by atoms with Crippen LogP contribution in [0.4, 0.5) is 20.7 Å². The highest BCUT2D eigenvalue weighted by atomic mass is 19.1. The first-order valence-corrected chi connectivity index (χ1v) is 12.3. The lowest BCUT2D eigenvalue weighted by atomic mass is 10.0. The smallest absolute Gasteiger partial charge is 0.410 e. The minimum absolute atomic E-state index is 0.174. The van der Waals surface area contributed by atoms with Gasteiger partial charge in [0.1, 0.15) is 11.4 Å². The summed E-state index contributed by atoms with van der Waals surface area (Å²) in [5, 5.41) is 9.45. The maximum absolute atomic E-state index is 14.3. The number of piperazine rings is 1. The van der Waals surface area contributed by atoms with E-state index in [0.29, 0.717) is 44.8 Å². The van der Waals surface area contributed by atoms with E-state index in [9.17, 15) is 14.4 Å². The number of methoxy groups -OCH3 is 2. The number of nitriles is 1. The van der Waals surface area contributed by atoms with Gasteiger partial charge in [-0.3, -0.25) is 0 Å². The number of hydrogen-bond acceptors (Lipinski definition) is 9. The topological polar surface area (TPSA) is 104 Å². The van der Waals surface area contributed by atoms with E-state index < -0.39 is 17.5 Å². The molecule has 0 spiro atoms. The molecular weight excluding hydrogens is 479 g/mol. The van der Waals surface area contributed by atoms with Gasteiger partial charge in [-0.25, -0.2) is 9.18 Å². The molecule has 0 N–H and O–H groups in total. The number of amides is 1. The summed E-state index contributed by atoms with van der Waals surface area (Å²) in [5.41, 5.74) is 1.80. The zero-order valence-electron chi connectivity index (χ0n) is 22.0. The lowest BCUT2D eigenvalue weighted by molar-refractivity contribution is 0.0144. The highest BCUT2D eigenvalue weighted by molar-refractivity contribution is 5.69. The van der Waals surface area contributed by atoms with E-state index in [0.717, 1.165) is 17.1 Å². The molecule has 0 aliphatic carbocycles. The van der Waals surface area contributed by atoms with Gasteiger partial charge in [0.2, 0.25) is 0 Å². The Morgan fingerprint density at radius 1 is 1.16 bits per heavy atom. The fourth-order valence-electron chi connectivity index (χ4n) is 4.78. The Morgan fingerprint density at radius 2 is 1.95 bits per heavy atom. The molecule has 0 radical (unpaired) electrons. The summed E-state index contributed by atoms with van der Waals surface area (Å²) in [6.45, 7) is 7.87. The van der Waals surface area contributed by atoms with Gasteiger partial charge in [-0.05, 0) is 39.3 Å². The number of nitrogens with zero attached hydrogens (tertiary/aromatic N) is 6. The van der Waals surface area contributed by atoms with Gasteiger partial charge in [-0.15, -0.1) is 0 Å². The van der Waals surface area contributed by atoms with Gasteiger partial charge in [0, 0.05) is 31.7 Å². The van der Waals surface area contributed by atoms with Gasteiger partial charge in [-0.2, -0.15) is 15.2 Å². The molecule has 0 bridgehead atoms. The third-order valence-corrected chi connectivity index (χ3v) is 6.43. The maximum Gasteiger partial charge on any atom is 0.410 e. The van der Waals surface area contributed by atoms with E-state index in [4.69, 9.17) is 14.2 Å². The van der Waals surface area contributed by atoms with Crippen molar-refractivity contribution >= 4 is 17.6 Å². The lowest BCUT2D eigenvalue weighted by Crippen LogP contribution is -2.56. The Bertz CT molecular complexity index is 1190. The number of hydrogen-bond donors (Lipinski definition) is 0. The van der Waals surface area contributed by atoms with Crippen molar-refractivity contribution < 1.29 is 23.4 Å². The molecule has 198 valence electrons. The fourth-order valence-corrected chi connectivity index (χ4v) is 4.78. The highest BCUT2D eigenvalue weighted by Gasteiger charge is 2.36. The van der Waals surface area contributed by atoms with E-state index in [1.54, 1.807) is 11.0 Å². The Hall–Kier alpha value is -3.81. The van der Waals surface area contributed by atoms with Crippen LogP contribution < -0.4 is 19.3 Å². The summed E-state index contributed by atoms with van der Waals surface area (Å²) in [4.78, 5) is 27.8. The van der Waals surface area contributed by atoms with Crippen LogP contribution >= 0.6 is 0 Å². The van der Waals surface area contributed by atoms with Crippen molar-refractivity contribution in [1.82, 2.24) is 14.9 Å². The Morgan fingerprint density at radius 3 is 2.62 bits per heavy atom. The molecule has 1 saturated heterocycles. The molecule has 1 atom stereocenters. The van der Waals surface area contributed by atoms with Gasteiger partial charge in [0.15, 0.2) is 11.6 Å². The average molecular weight is 513 g/mol. The molecule has 2 aliphatic heterocycles. The molecule has 2 aromatic rings. The zero-order valence-corrected chi connectivity index (χ0v) is 22.0. The van der Waals surface area contributed by atoms with Crippen molar-refractivity contribution in [3.8, 4) is 17.8 Å². The summed E-state index contributed by atoms with van der Waals surface area (Å²) in [6, 6.07) is 6.94. The molecule has 1 aromatic carbocycles. The van der Waals surface area contributed by atoms with E-state index >= 15 is 0 Å². The van der Waals surface area contributed by atoms with Crippen molar-refractivity contribution in [2.75, 3.05) is 50.2 Å². The monoisotopic (exact) mass is 512 g/mol. The minimum Gasteiger partial charge on any atom is -0.492 e. The second kappa shape index (κ2) is 10.7. The second-order valence-electron chi connectivity index (χ2n) is 10.1. The van der Waals surface area contributed by atoms with Gasteiger partial charge in [-0.1, -0.05) is 6.07 Å². The molecule has 11 heteroatoms. The first kappa shape index (κ1) is 26.3. The molecule has 1 fully saturated rings. The molecule has 3 heterocycles. The van der Waals surface area contributed by atoms with Gasteiger partial charge in [0.25, 0.3) is 0 Å². The van der Waals surface area contributed by atoms with Crippen LogP contribution in [0.15, 0.2) is 18.2 Å². The first-order valence-electron chi connectivity index (χ1n) is 12.3. The zero-order chi connectivity index (χ0) is 26.7. The van der Waals surface area contributed by atoms with Gasteiger partial charge < -0.3 is 28.9 Å². The number of fused-ring (bicyclic) bond motifs is 1. The van der Waals surface area contributed by atoms with Crippen LogP contribution in [0.5, 0.6) is 11.8 Å². The average Bonchev–Trinajstić information content (AvgIpc) is 2.86. The third kappa shape index (κ3) is 5.63. The van der Waals surface area contributed by atoms with Crippen molar-refractivity contribution in [2.45, 2.75) is 51.8 Å². The number of carbonyl (C=O) groups excluding carboxylic acids is 1. The molecular formula is C26H33FN6O4. The van der Waals surface area contributed by atoms with Gasteiger partial charge in [0.05, 0.1) is 50.7 Å². The number of benzene rings is 1. The second-order valence-corrected chi connectivity index (χ2v) is 10.1. The number of carbonyl (C=O) groups is 1. The number of anilines is 2. The standard InChI is InChI=1S/C26H33FN6O4/c1-26(2,3)37-25(34)33-14-13-32(15-17(33)9-11-28)23-18-10-12-31(16-20(18)29-24(30-23)36-5)21-8-6-7-19(27)22(21)35-4/h6-8,17H,9-10,12-16H2,1-5H3. The van der Waals surface area contributed by atoms with Crippen LogP contribution in [0.2, 0.25) is 0 Å². The number of para-hydroxylation sites is 1. The van der Waals surface area contributed by atoms with Crippen LogP contribution in [0.1, 0.15) is 38.4 Å². The molecule has 10 nitrogen and oxygen atoms in total. The van der Waals surface area contributed by atoms with Crippen LogP contribution in [-0.4, -0.2) is 73.0 Å². The van der Waals surface area contributed by atoms with Crippen LogP contribution in [0.3, 0.4) is 0 Å². The maximum atomic E-state index is 14.3. The normalized spacial score (nSPS) is 17.6. The van der Waals surface area contributed by atoms with Crippen molar-refractivity contribution in [1.29, 1.82) is 5.26 Å². The van der Waals surface area contributed by atoms with Gasteiger partial charge >= 0.3 is 12.1 Å². The van der Waals surface area contributed by atoms with Crippen molar-refractivity contribution in [3.05, 3.63) is 35.3 Å². The molecule has 37 heavy (non-hydrogen) atoms. The lowest BCUT2D eigenvalue weighted by Gasteiger charge is -2.42. The largest absolute Gasteiger partial charge is 0.492 e. The molecule has 2 aliphatic rings. The molecule has 1 aromatic heterocycles. The minimum atomic E-state index is -0.624. The summed E-state index contributed by atoms with van der Waals surface area (Å²) >= 11 is 0. The number of halogens is 1. The number of aromatic nitrogens is 2. The SMILES string of the molecule is COc1nc2c(c(N3CCN(C(=O)OC(C)(C)C)C(CC#N)C3)n1)CCN(c1cccc(F)c1OC)C2. The summed E-state index contributed by atoms with van der Waals surface area (Å²) in [7, 11) is 2.97. The van der Waals surface area contributed by atoms with Crippen molar-refractivity contribution in [3.63, 3.8) is 0 Å². The quantitative estimate of drug-likeness (QED) is 0.595. The Kier molecular flexibility index (Phi) is 7.57. The summed E-state index contributed by atoms with van der Waals surface area (Å²) < 4.78 is 30.7. The first-order chi connectivity index (χ1) is 17.6. The van der Waals surface area contributed by atoms with Crippen LogP contribution in [0.25, 0.3) is 0 Å².